The maximum Gasteiger partial charge on any atom is 0.305 e. The van der Waals surface area contributed by atoms with Crippen LogP contribution in [0.2, 0.25) is 0 Å². The molecule has 33 heavy (non-hydrogen) atoms. The Balaban J connectivity index is 0.000000254. The average Bonchev–Trinajstić information content (AvgIpc) is 3.24. The van der Waals surface area contributed by atoms with Gasteiger partial charge in [-0.25, -0.2) is 0 Å². The normalized spacial score (nSPS) is 37.2. The van der Waals surface area contributed by atoms with E-state index in [-0.39, 0.29) is 24.4 Å². The lowest BCUT2D eigenvalue weighted by atomic mass is 9.99. The summed E-state index contributed by atoms with van der Waals surface area (Å²) in [4.78, 5) is 22.2. The molecule has 3 fully saturated rings. The summed E-state index contributed by atoms with van der Waals surface area (Å²) in [6, 6.07) is 0. The molecule has 0 bridgehead atoms. The third-order valence-corrected chi connectivity index (χ3v) is 6.08. The van der Waals surface area contributed by atoms with E-state index >= 15 is 0 Å². The van der Waals surface area contributed by atoms with Crippen LogP contribution < -0.4 is 0 Å². The molecule has 0 aromatic heterocycles. The predicted octanol–water partition coefficient (Wildman–Crippen LogP) is 3.91. The molecule has 0 amide bonds. The smallest absolute Gasteiger partial charge is 0.305 e. The molecule has 3 aliphatic heterocycles. The lowest BCUT2D eigenvalue weighted by Crippen LogP contribution is -2.42. The van der Waals surface area contributed by atoms with Crippen molar-refractivity contribution in [3.05, 3.63) is 0 Å². The van der Waals surface area contributed by atoms with Crippen molar-refractivity contribution in [2.75, 3.05) is 0 Å². The average molecular weight is 475 g/mol. The Kier molecular flexibility index (Phi) is 9.32. The molecule has 0 spiro atoms. The van der Waals surface area contributed by atoms with Gasteiger partial charge in [0.2, 0.25) is 12.1 Å². The molecule has 9 heteroatoms. The van der Waals surface area contributed by atoms with E-state index in [4.69, 9.17) is 33.2 Å². The molecule has 8 atom stereocenters. The molecule has 192 valence electrons. The van der Waals surface area contributed by atoms with Crippen molar-refractivity contribution >= 4 is 11.9 Å². The number of hydrogen-bond donors (Lipinski definition) is 0. The van der Waals surface area contributed by atoms with Crippen molar-refractivity contribution in [1.29, 1.82) is 0 Å². The zero-order valence-corrected chi connectivity index (χ0v) is 21.7. The van der Waals surface area contributed by atoms with Crippen LogP contribution in [0.3, 0.4) is 0 Å². The maximum atomic E-state index is 11.1. The molecule has 0 saturated carbocycles. The van der Waals surface area contributed by atoms with Crippen LogP contribution in [0, 0.1) is 11.8 Å². The number of fused-ring (bicyclic) bond motifs is 1. The summed E-state index contributed by atoms with van der Waals surface area (Å²) in [6.45, 7) is 18.1. The quantitative estimate of drug-likeness (QED) is 0.419. The Morgan fingerprint density at radius 2 is 1.48 bits per heavy atom. The fraction of sp³-hybridized carbons (Fsp3) is 0.917. The SMILES string of the molecule is CC[C@H]1O[C@@H](OC(C)=O)[C@H](OC(C)(C)OC(C)=O)[C@@H]1C.CC[C@H]1O[C@@H]2OC(C)(C)O[C@@H]2[C@@H]1C. The predicted molar refractivity (Wildman–Crippen MR) is 119 cm³/mol. The number of carbonyl (C=O) groups excluding carboxylic acids is 2. The summed E-state index contributed by atoms with van der Waals surface area (Å²) in [5, 5.41) is 0. The summed E-state index contributed by atoms with van der Waals surface area (Å²) in [5.74, 6) is -1.97. The van der Waals surface area contributed by atoms with Gasteiger partial charge < -0.3 is 33.2 Å². The van der Waals surface area contributed by atoms with Crippen LogP contribution in [0.25, 0.3) is 0 Å². The van der Waals surface area contributed by atoms with Crippen molar-refractivity contribution < 1.29 is 42.7 Å². The highest BCUT2D eigenvalue weighted by atomic mass is 16.8. The van der Waals surface area contributed by atoms with Crippen LogP contribution in [0.15, 0.2) is 0 Å². The standard InChI is InChI=1S/C14H24O6.C10H18O3/c1-7-11-8(2)12(13(18-11)17-9(3)15)20-14(5,6)19-10(4)16;1-5-7-6(2)8-9(11-7)13-10(3,4)12-8/h8,11-13H,7H2,1-6H3;6-9H,5H2,1-4H3/t8-,11-,12-,13-;6-,7-,8-,9-/m11/s1. The van der Waals surface area contributed by atoms with E-state index < -0.39 is 35.9 Å². The molecule has 0 N–H and O–H groups in total. The minimum Gasteiger partial charge on any atom is -0.434 e. The van der Waals surface area contributed by atoms with E-state index in [9.17, 15) is 9.59 Å². The third kappa shape index (κ3) is 7.36. The number of hydrogen-bond acceptors (Lipinski definition) is 9. The molecule has 3 rings (SSSR count). The second-order valence-electron chi connectivity index (χ2n) is 9.91. The molecule has 0 aromatic rings. The lowest BCUT2D eigenvalue weighted by Gasteiger charge is -2.31. The van der Waals surface area contributed by atoms with Crippen molar-refractivity contribution in [1.82, 2.24) is 0 Å². The van der Waals surface area contributed by atoms with Crippen LogP contribution >= 0.6 is 0 Å². The first-order valence-electron chi connectivity index (χ1n) is 11.9. The molecule has 3 heterocycles. The molecule has 3 saturated heterocycles. The Hall–Kier alpha value is -1.26. The molecule has 0 aromatic carbocycles. The Morgan fingerprint density at radius 3 is 1.97 bits per heavy atom. The van der Waals surface area contributed by atoms with Gasteiger partial charge in [0.15, 0.2) is 12.1 Å². The van der Waals surface area contributed by atoms with E-state index in [1.54, 1.807) is 13.8 Å². The van der Waals surface area contributed by atoms with Gasteiger partial charge in [-0.1, -0.05) is 27.7 Å². The first-order valence-corrected chi connectivity index (χ1v) is 11.9. The van der Waals surface area contributed by atoms with E-state index in [1.165, 1.54) is 13.8 Å². The van der Waals surface area contributed by atoms with Gasteiger partial charge in [-0.15, -0.1) is 0 Å². The summed E-state index contributed by atoms with van der Waals surface area (Å²) >= 11 is 0. The van der Waals surface area contributed by atoms with Crippen LogP contribution in [-0.2, 0) is 42.7 Å². The van der Waals surface area contributed by atoms with E-state index in [0.29, 0.717) is 12.0 Å². The first kappa shape index (κ1) is 28.0. The van der Waals surface area contributed by atoms with Crippen molar-refractivity contribution in [2.24, 2.45) is 11.8 Å². The Bertz CT molecular complexity index is 677. The van der Waals surface area contributed by atoms with Gasteiger partial charge in [0.1, 0.15) is 12.2 Å². The van der Waals surface area contributed by atoms with E-state index in [2.05, 4.69) is 13.8 Å². The highest BCUT2D eigenvalue weighted by molar-refractivity contribution is 5.66. The second-order valence-corrected chi connectivity index (χ2v) is 9.91. The largest absolute Gasteiger partial charge is 0.434 e. The topological polar surface area (TPSA) is 98.8 Å². The van der Waals surface area contributed by atoms with Crippen molar-refractivity contribution in [3.8, 4) is 0 Å². The van der Waals surface area contributed by atoms with Gasteiger partial charge in [0.05, 0.1) is 12.2 Å². The third-order valence-electron chi connectivity index (χ3n) is 6.08. The number of carbonyl (C=O) groups is 2. The molecular weight excluding hydrogens is 432 g/mol. The van der Waals surface area contributed by atoms with Crippen LogP contribution in [-0.4, -0.2) is 60.5 Å². The molecule has 9 nitrogen and oxygen atoms in total. The summed E-state index contributed by atoms with van der Waals surface area (Å²) in [5.41, 5.74) is 0. The fourth-order valence-corrected chi connectivity index (χ4v) is 4.61. The zero-order valence-electron chi connectivity index (χ0n) is 21.7. The van der Waals surface area contributed by atoms with Crippen molar-refractivity contribution in [2.45, 2.75) is 131 Å². The van der Waals surface area contributed by atoms with Crippen LogP contribution in [0.1, 0.15) is 82.1 Å². The lowest BCUT2D eigenvalue weighted by molar-refractivity contribution is -0.262. The van der Waals surface area contributed by atoms with Crippen LogP contribution in [0.5, 0.6) is 0 Å². The van der Waals surface area contributed by atoms with Gasteiger partial charge in [-0.3, -0.25) is 9.59 Å². The number of rotatable bonds is 6. The highest BCUT2D eigenvalue weighted by Crippen LogP contribution is 2.41. The first-order chi connectivity index (χ1) is 15.2. The van der Waals surface area contributed by atoms with Gasteiger partial charge in [0, 0.05) is 39.5 Å². The second kappa shape index (κ2) is 11.0. The monoisotopic (exact) mass is 474 g/mol. The molecule has 0 unspecified atom stereocenters. The van der Waals surface area contributed by atoms with Crippen molar-refractivity contribution in [3.63, 3.8) is 0 Å². The van der Waals surface area contributed by atoms with Crippen LogP contribution in [0.4, 0.5) is 0 Å². The molecule has 3 aliphatic rings. The Labute approximate surface area is 197 Å². The minimum atomic E-state index is -1.10. The van der Waals surface area contributed by atoms with Gasteiger partial charge in [-0.2, -0.15) is 0 Å². The summed E-state index contributed by atoms with van der Waals surface area (Å²) < 4.78 is 38.9. The summed E-state index contributed by atoms with van der Waals surface area (Å²) in [7, 11) is 0. The van der Waals surface area contributed by atoms with E-state index in [1.807, 2.05) is 27.7 Å². The van der Waals surface area contributed by atoms with Gasteiger partial charge in [0.25, 0.3) is 0 Å². The fourth-order valence-electron chi connectivity index (χ4n) is 4.61. The maximum absolute atomic E-state index is 11.1. The number of ether oxygens (including phenoxy) is 7. The molecule has 0 aliphatic carbocycles. The van der Waals surface area contributed by atoms with Gasteiger partial charge >= 0.3 is 11.9 Å². The zero-order chi connectivity index (χ0) is 25.1. The number of esters is 2. The summed E-state index contributed by atoms with van der Waals surface area (Å²) in [6.07, 6.45) is 0.785. The highest BCUT2D eigenvalue weighted by Gasteiger charge is 2.52. The minimum absolute atomic E-state index is 0.0270. The molecular formula is C24H42O9. The van der Waals surface area contributed by atoms with Gasteiger partial charge in [-0.05, 0) is 26.7 Å². The van der Waals surface area contributed by atoms with E-state index in [0.717, 1.165) is 12.8 Å². The Morgan fingerprint density at radius 1 is 0.909 bits per heavy atom. The molecule has 0 radical (unpaired) electrons.